The van der Waals surface area contributed by atoms with E-state index < -0.39 is 0 Å². The molecule has 1 heterocycles. The first-order chi connectivity index (χ1) is 12.6. The maximum atomic E-state index is 6.11. The van der Waals surface area contributed by atoms with Crippen molar-refractivity contribution in [1.29, 1.82) is 0 Å². The van der Waals surface area contributed by atoms with Crippen molar-refractivity contribution < 1.29 is 9.47 Å². The highest BCUT2D eigenvalue weighted by Gasteiger charge is 2.17. The zero-order valence-electron chi connectivity index (χ0n) is 16.8. The van der Waals surface area contributed by atoms with Gasteiger partial charge in [-0.3, -0.25) is 4.99 Å². The average Bonchev–Trinajstić information content (AvgIpc) is 3.14. The SMILES string of the molecule is CN=C(NCCCC(C)C)NCc1ccc(C)cc1OCC1CCOC1. The van der Waals surface area contributed by atoms with E-state index in [9.17, 15) is 0 Å². The fourth-order valence-corrected chi connectivity index (χ4v) is 2.98. The minimum Gasteiger partial charge on any atom is -0.493 e. The number of hydrogen-bond donors (Lipinski definition) is 2. The molecule has 2 N–H and O–H groups in total. The molecule has 0 bridgehead atoms. The van der Waals surface area contributed by atoms with E-state index in [4.69, 9.17) is 9.47 Å². The van der Waals surface area contributed by atoms with Crippen LogP contribution in [0.5, 0.6) is 5.75 Å². The van der Waals surface area contributed by atoms with Gasteiger partial charge in [0.2, 0.25) is 0 Å². The van der Waals surface area contributed by atoms with Gasteiger partial charge in [-0.15, -0.1) is 0 Å². The number of guanidine groups is 1. The van der Waals surface area contributed by atoms with Crippen LogP contribution in [0.3, 0.4) is 0 Å². The van der Waals surface area contributed by atoms with Gasteiger partial charge in [-0.05, 0) is 43.7 Å². The van der Waals surface area contributed by atoms with Gasteiger partial charge in [0.1, 0.15) is 5.75 Å². The quantitative estimate of drug-likeness (QED) is 0.401. The van der Waals surface area contributed by atoms with Gasteiger partial charge in [-0.2, -0.15) is 0 Å². The van der Waals surface area contributed by atoms with Crippen molar-refractivity contribution >= 4 is 5.96 Å². The van der Waals surface area contributed by atoms with Crippen LogP contribution in [-0.2, 0) is 11.3 Å². The topological polar surface area (TPSA) is 54.9 Å². The molecule has 5 heteroatoms. The second-order valence-corrected chi connectivity index (χ2v) is 7.54. The van der Waals surface area contributed by atoms with Crippen molar-refractivity contribution in [2.24, 2.45) is 16.8 Å². The Balaban J connectivity index is 1.84. The summed E-state index contributed by atoms with van der Waals surface area (Å²) in [4.78, 5) is 4.31. The summed E-state index contributed by atoms with van der Waals surface area (Å²) < 4.78 is 11.6. The summed E-state index contributed by atoms with van der Waals surface area (Å²) in [5, 5.41) is 6.78. The summed E-state index contributed by atoms with van der Waals surface area (Å²) >= 11 is 0. The number of benzene rings is 1. The smallest absolute Gasteiger partial charge is 0.191 e. The molecule has 1 unspecified atom stereocenters. The standard InChI is InChI=1S/C21H35N3O2/c1-16(2)6-5-10-23-21(22-4)24-13-19-8-7-17(3)12-20(19)26-15-18-9-11-25-14-18/h7-8,12,16,18H,5-6,9-11,13-15H2,1-4H3,(H2,22,23,24). The maximum Gasteiger partial charge on any atom is 0.191 e. The van der Waals surface area contributed by atoms with E-state index >= 15 is 0 Å². The summed E-state index contributed by atoms with van der Waals surface area (Å²) in [6, 6.07) is 6.38. The third-order valence-electron chi connectivity index (χ3n) is 4.64. The van der Waals surface area contributed by atoms with E-state index in [2.05, 4.69) is 54.6 Å². The molecule has 5 nitrogen and oxygen atoms in total. The molecule has 1 fully saturated rings. The lowest BCUT2D eigenvalue weighted by Crippen LogP contribution is -2.37. The van der Waals surface area contributed by atoms with Crippen LogP contribution in [0.15, 0.2) is 23.2 Å². The van der Waals surface area contributed by atoms with Gasteiger partial charge in [0.25, 0.3) is 0 Å². The molecular weight excluding hydrogens is 326 g/mol. The lowest BCUT2D eigenvalue weighted by Gasteiger charge is -2.17. The van der Waals surface area contributed by atoms with Gasteiger partial charge in [0.05, 0.1) is 13.2 Å². The normalized spacial score (nSPS) is 17.6. The van der Waals surface area contributed by atoms with Gasteiger partial charge in [-0.25, -0.2) is 0 Å². The summed E-state index contributed by atoms with van der Waals surface area (Å²) in [5.74, 6) is 3.04. The summed E-state index contributed by atoms with van der Waals surface area (Å²) in [7, 11) is 1.81. The molecule has 0 aliphatic carbocycles. The van der Waals surface area contributed by atoms with Gasteiger partial charge in [0.15, 0.2) is 5.96 Å². The van der Waals surface area contributed by atoms with Gasteiger partial charge >= 0.3 is 0 Å². The highest BCUT2D eigenvalue weighted by atomic mass is 16.5. The average molecular weight is 362 g/mol. The molecule has 1 aliphatic heterocycles. The van der Waals surface area contributed by atoms with Crippen LogP contribution < -0.4 is 15.4 Å². The molecular formula is C21H35N3O2. The number of ether oxygens (including phenoxy) is 2. The number of hydrogen-bond acceptors (Lipinski definition) is 3. The van der Waals surface area contributed by atoms with E-state index in [0.717, 1.165) is 62.4 Å². The number of nitrogens with zero attached hydrogens (tertiary/aromatic N) is 1. The molecule has 1 aromatic carbocycles. The Hall–Kier alpha value is -1.75. The molecule has 1 atom stereocenters. The predicted molar refractivity (Wildman–Crippen MR) is 108 cm³/mol. The second kappa shape index (κ2) is 11.1. The molecule has 0 radical (unpaired) electrons. The first-order valence-electron chi connectivity index (χ1n) is 9.83. The van der Waals surface area contributed by atoms with E-state index in [1.165, 1.54) is 12.0 Å². The maximum absolute atomic E-state index is 6.11. The Morgan fingerprint density at radius 3 is 2.88 bits per heavy atom. The van der Waals surface area contributed by atoms with Crippen molar-refractivity contribution in [1.82, 2.24) is 10.6 Å². The molecule has 2 rings (SSSR count). The number of rotatable bonds is 9. The number of aryl methyl sites for hydroxylation is 1. The van der Waals surface area contributed by atoms with Crippen LogP contribution in [0.2, 0.25) is 0 Å². The van der Waals surface area contributed by atoms with Crippen molar-refractivity contribution in [2.75, 3.05) is 33.4 Å². The molecule has 26 heavy (non-hydrogen) atoms. The van der Waals surface area contributed by atoms with Crippen LogP contribution >= 0.6 is 0 Å². The van der Waals surface area contributed by atoms with Gasteiger partial charge in [-0.1, -0.05) is 26.0 Å². The molecule has 1 saturated heterocycles. The molecule has 0 aromatic heterocycles. The minimum atomic E-state index is 0.506. The minimum absolute atomic E-state index is 0.506. The fourth-order valence-electron chi connectivity index (χ4n) is 2.98. The largest absolute Gasteiger partial charge is 0.493 e. The monoisotopic (exact) mass is 361 g/mol. The third kappa shape index (κ3) is 7.24. The van der Waals surface area contributed by atoms with Crippen LogP contribution in [0.1, 0.15) is 44.2 Å². The third-order valence-corrected chi connectivity index (χ3v) is 4.64. The molecule has 146 valence electrons. The Morgan fingerprint density at radius 1 is 1.35 bits per heavy atom. The highest BCUT2D eigenvalue weighted by molar-refractivity contribution is 5.79. The van der Waals surface area contributed by atoms with Gasteiger partial charge in [0, 0.05) is 38.2 Å². The molecule has 1 aliphatic rings. The number of aliphatic imine (C=N–C) groups is 1. The fraction of sp³-hybridized carbons (Fsp3) is 0.667. The van der Waals surface area contributed by atoms with Gasteiger partial charge < -0.3 is 20.1 Å². The predicted octanol–water partition coefficient (Wildman–Crippen LogP) is 3.51. The van der Waals surface area contributed by atoms with Crippen molar-refractivity contribution in [3.05, 3.63) is 29.3 Å². The van der Waals surface area contributed by atoms with Crippen molar-refractivity contribution in [2.45, 2.75) is 46.6 Å². The van der Waals surface area contributed by atoms with Crippen molar-refractivity contribution in [3.63, 3.8) is 0 Å². The lowest BCUT2D eigenvalue weighted by atomic mass is 10.1. The van der Waals surface area contributed by atoms with E-state index in [-0.39, 0.29) is 0 Å². The molecule has 0 spiro atoms. The molecule has 1 aromatic rings. The lowest BCUT2D eigenvalue weighted by molar-refractivity contribution is 0.166. The van der Waals surface area contributed by atoms with Crippen LogP contribution in [0.4, 0.5) is 0 Å². The highest BCUT2D eigenvalue weighted by Crippen LogP contribution is 2.22. The van der Waals surface area contributed by atoms with Crippen LogP contribution in [0, 0.1) is 18.8 Å². The molecule has 0 amide bonds. The zero-order chi connectivity index (χ0) is 18.8. The van der Waals surface area contributed by atoms with E-state index in [1.54, 1.807) is 0 Å². The van der Waals surface area contributed by atoms with Crippen LogP contribution in [0.25, 0.3) is 0 Å². The van der Waals surface area contributed by atoms with Crippen molar-refractivity contribution in [3.8, 4) is 5.75 Å². The van der Waals surface area contributed by atoms with E-state index in [1.807, 2.05) is 7.05 Å². The Morgan fingerprint density at radius 2 is 2.19 bits per heavy atom. The Labute approximate surface area is 158 Å². The Bertz CT molecular complexity index is 566. The Kier molecular flexibility index (Phi) is 8.75. The molecule has 0 saturated carbocycles. The zero-order valence-corrected chi connectivity index (χ0v) is 16.8. The van der Waals surface area contributed by atoms with Crippen LogP contribution in [-0.4, -0.2) is 39.4 Å². The summed E-state index contributed by atoms with van der Waals surface area (Å²) in [6.45, 7) is 10.6. The number of nitrogens with one attached hydrogen (secondary N) is 2. The summed E-state index contributed by atoms with van der Waals surface area (Å²) in [5.41, 5.74) is 2.36. The summed E-state index contributed by atoms with van der Waals surface area (Å²) in [6.07, 6.45) is 3.47. The second-order valence-electron chi connectivity index (χ2n) is 7.54. The first kappa shape index (κ1) is 20.6. The van der Waals surface area contributed by atoms with E-state index in [0.29, 0.717) is 12.5 Å². The first-order valence-corrected chi connectivity index (χ1v) is 9.83.